The molecule has 6 nitrogen and oxygen atoms in total. The zero-order chi connectivity index (χ0) is 20.7. The quantitative estimate of drug-likeness (QED) is 0.521. The van der Waals surface area contributed by atoms with E-state index in [2.05, 4.69) is 29.2 Å². The summed E-state index contributed by atoms with van der Waals surface area (Å²) >= 11 is 0. The first-order valence-corrected chi connectivity index (χ1v) is 10.0. The van der Waals surface area contributed by atoms with E-state index in [0.717, 1.165) is 40.8 Å². The van der Waals surface area contributed by atoms with Crippen molar-refractivity contribution in [3.05, 3.63) is 78.2 Å². The number of fused-ring (bicyclic) bond motifs is 1. The molecule has 0 bridgehead atoms. The van der Waals surface area contributed by atoms with E-state index in [0.29, 0.717) is 5.78 Å². The molecule has 4 aromatic rings. The van der Waals surface area contributed by atoms with E-state index in [4.69, 9.17) is 15.5 Å². The van der Waals surface area contributed by atoms with Gasteiger partial charge >= 0.3 is 5.97 Å². The molecule has 0 saturated heterocycles. The molecule has 0 atom stereocenters. The average Bonchev–Trinajstić information content (AvgIpc) is 3.20. The van der Waals surface area contributed by atoms with Crippen molar-refractivity contribution in [1.29, 1.82) is 0 Å². The zero-order valence-corrected chi connectivity index (χ0v) is 16.7. The molecule has 2 aromatic heterocycles. The van der Waals surface area contributed by atoms with Crippen molar-refractivity contribution in [3.63, 3.8) is 0 Å². The lowest BCUT2D eigenvalue weighted by atomic mass is 9.72. The number of hydrogen-bond acceptors (Lipinski definition) is 5. The lowest BCUT2D eigenvalue weighted by molar-refractivity contribution is 0.0595. The predicted octanol–water partition coefficient (Wildman–Crippen LogP) is 4.19. The number of carbonyl (C=O) groups is 1. The number of imidazole rings is 1. The van der Waals surface area contributed by atoms with Crippen LogP contribution in [0.15, 0.2) is 67.0 Å². The Morgan fingerprint density at radius 2 is 1.73 bits per heavy atom. The summed E-state index contributed by atoms with van der Waals surface area (Å²) in [7, 11) is 1.34. The Bertz CT molecular complexity index is 1230. The molecule has 150 valence electrons. The molecule has 1 aliphatic rings. The van der Waals surface area contributed by atoms with Gasteiger partial charge in [-0.05, 0) is 30.4 Å². The molecule has 2 heterocycles. The van der Waals surface area contributed by atoms with Gasteiger partial charge in [0, 0.05) is 29.1 Å². The molecule has 0 spiro atoms. The van der Waals surface area contributed by atoms with E-state index in [-0.39, 0.29) is 11.2 Å². The summed E-state index contributed by atoms with van der Waals surface area (Å²) < 4.78 is 6.56. The van der Waals surface area contributed by atoms with Crippen LogP contribution in [0.2, 0.25) is 0 Å². The van der Waals surface area contributed by atoms with Crippen molar-refractivity contribution in [3.8, 4) is 22.4 Å². The van der Waals surface area contributed by atoms with Crippen molar-refractivity contribution in [2.75, 3.05) is 7.11 Å². The highest BCUT2D eigenvalue weighted by molar-refractivity contribution is 5.88. The van der Waals surface area contributed by atoms with Crippen LogP contribution in [-0.4, -0.2) is 27.4 Å². The van der Waals surface area contributed by atoms with Crippen molar-refractivity contribution in [2.45, 2.75) is 24.8 Å². The van der Waals surface area contributed by atoms with Crippen LogP contribution in [-0.2, 0) is 10.3 Å². The number of benzene rings is 2. The van der Waals surface area contributed by atoms with Crippen LogP contribution in [0.5, 0.6) is 0 Å². The number of carbonyl (C=O) groups excluding carboxylic acids is 1. The molecule has 30 heavy (non-hydrogen) atoms. The molecule has 1 aliphatic carbocycles. The van der Waals surface area contributed by atoms with Crippen LogP contribution in [0.3, 0.4) is 0 Å². The fraction of sp³-hybridized carbons (Fsp3) is 0.208. The summed E-state index contributed by atoms with van der Waals surface area (Å²) in [5, 5.41) is 0. The summed E-state index contributed by atoms with van der Waals surface area (Å²) in [6, 6.07) is 18.4. The monoisotopic (exact) mass is 398 g/mol. The van der Waals surface area contributed by atoms with Gasteiger partial charge in [0.2, 0.25) is 5.78 Å². The van der Waals surface area contributed by atoms with Crippen LogP contribution >= 0.6 is 0 Å². The molecule has 1 fully saturated rings. The summed E-state index contributed by atoms with van der Waals surface area (Å²) in [5.41, 5.74) is 11.4. The minimum absolute atomic E-state index is 0.198. The van der Waals surface area contributed by atoms with Crippen molar-refractivity contribution < 1.29 is 9.53 Å². The first-order chi connectivity index (χ1) is 14.6. The SMILES string of the molecule is COC(=O)c1cn2cc(-c3ccccc3)c(-c3ccc(C4(N)CCC4)cc3)nc2n1. The molecule has 2 aromatic carbocycles. The van der Waals surface area contributed by atoms with Gasteiger partial charge in [-0.25, -0.2) is 14.8 Å². The van der Waals surface area contributed by atoms with Gasteiger partial charge in [-0.1, -0.05) is 54.6 Å². The highest BCUT2D eigenvalue weighted by Crippen LogP contribution is 2.39. The number of rotatable bonds is 4. The van der Waals surface area contributed by atoms with Crippen LogP contribution in [0.4, 0.5) is 0 Å². The number of ether oxygens (including phenoxy) is 1. The molecule has 0 amide bonds. The minimum atomic E-state index is -0.485. The Morgan fingerprint density at radius 1 is 1.00 bits per heavy atom. The Kier molecular flexibility index (Phi) is 4.37. The van der Waals surface area contributed by atoms with Crippen LogP contribution < -0.4 is 5.73 Å². The predicted molar refractivity (Wildman–Crippen MR) is 115 cm³/mol. The average molecular weight is 398 g/mol. The fourth-order valence-corrected chi connectivity index (χ4v) is 3.98. The van der Waals surface area contributed by atoms with E-state index in [1.807, 2.05) is 36.5 Å². The molecule has 0 unspecified atom stereocenters. The first-order valence-electron chi connectivity index (χ1n) is 10.0. The molecule has 5 rings (SSSR count). The topological polar surface area (TPSA) is 82.5 Å². The summed E-state index contributed by atoms with van der Waals surface area (Å²) in [4.78, 5) is 21.1. The van der Waals surface area contributed by atoms with Gasteiger partial charge in [-0.2, -0.15) is 0 Å². The maximum atomic E-state index is 11.9. The summed E-state index contributed by atoms with van der Waals surface area (Å²) in [6.07, 6.45) is 6.82. The largest absolute Gasteiger partial charge is 0.464 e. The van der Waals surface area contributed by atoms with Gasteiger partial charge in [-0.15, -0.1) is 0 Å². The van der Waals surface area contributed by atoms with Gasteiger partial charge in [-0.3, -0.25) is 4.40 Å². The van der Waals surface area contributed by atoms with Gasteiger partial charge in [0.25, 0.3) is 0 Å². The molecular weight excluding hydrogens is 376 g/mol. The molecule has 1 saturated carbocycles. The molecular formula is C24H22N4O2. The number of methoxy groups -OCH3 is 1. The van der Waals surface area contributed by atoms with Crippen molar-refractivity contribution in [2.24, 2.45) is 5.73 Å². The molecule has 0 aliphatic heterocycles. The Balaban J connectivity index is 1.66. The third-order valence-corrected chi connectivity index (χ3v) is 5.91. The van der Waals surface area contributed by atoms with E-state index in [1.54, 1.807) is 10.6 Å². The lowest BCUT2D eigenvalue weighted by Gasteiger charge is -2.38. The summed E-state index contributed by atoms with van der Waals surface area (Å²) in [6.45, 7) is 0. The zero-order valence-electron chi connectivity index (χ0n) is 16.7. The van der Waals surface area contributed by atoms with E-state index in [9.17, 15) is 4.79 Å². The number of esters is 1. The smallest absolute Gasteiger partial charge is 0.358 e. The Hall–Kier alpha value is -3.51. The van der Waals surface area contributed by atoms with Crippen LogP contribution in [0.1, 0.15) is 35.3 Å². The normalized spacial score (nSPS) is 15.0. The van der Waals surface area contributed by atoms with Gasteiger partial charge in [0.15, 0.2) is 5.69 Å². The third kappa shape index (κ3) is 3.06. The second-order valence-corrected chi connectivity index (χ2v) is 7.78. The maximum absolute atomic E-state index is 11.9. The van der Waals surface area contributed by atoms with Crippen molar-refractivity contribution >= 4 is 11.7 Å². The fourth-order valence-electron chi connectivity index (χ4n) is 3.98. The highest BCUT2D eigenvalue weighted by atomic mass is 16.5. The molecule has 0 radical (unpaired) electrons. The Labute approximate surface area is 174 Å². The van der Waals surface area contributed by atoms with Crippen LogP contribution in [0, 0.1) is 0 Å². The first kappa shape index (κ1) is 18.5. The van der Waals surface area contributed by atoms with Gasteiger partial charge in [0.1, 0.15) is 0 Å². The Morgan fingerprint density at radius 3 is 2.37 bits per heavy atom. The summed E-state index contributed by atoms with van der Waals surface area (Å²) in [5.74, 6) is -0.0372. The number of hydrogen-bond donors (Lipinski definition) is 1. The van der Waals surface area contributed by atoms with Crippen LogP contribution in [0.25, 0.3) is 28.2 Å². The lowest BCUT2D eigenvalue weighted by Crippen LogP contribution is -2.43. The minimum Gasteiger partial charge on any atom is -0.464 e. The van der Waals surface area contributed by atoms with Gasteiger partial charge < -0.3 is 10.5 Å². The second kappa shape index (κ2) is 7.07. The highest BCUT2D eigenvalue weighted by Gasteiger charge is 2.34. The van der Waals surface area contributed by atoms with E-state index < -0.39 is 5.97 Å². The number of nitrogens with two attached hydrogens (primary N) is 1. The number of nitrogens with zero attached hydrogens (tertiary/aromatic N) is 3. The van der Waals surface area contributed by atoms with E-state index in [1.165, 1.54) is 13.5 Å². The molecule has 6 heteroatoms. The van der Waals surface area contributed by atoms with E-state index >= 15 is 0 Å². The standard InChI is InChI=1S/C24H22N4O2/c1-30-22(29)20-15-28-14-19(16-6-3-2-4-7-16)21(27-23(28)26-20)17-8-10-18(11-9-17)24(25)12-5-13-24/h2-4,6-11,14-15H,5,12-13,25H2,1H3. The maximum Gasteiger partial charge on any atom is 0.358 e. The van der Waals surface area contributed by atoms with Gasteiger partial charge in [0.05, 0.1) is 12.8 Å². The second-order valence-electron chi connectivity index (χ2n) is 7.78. The number of aromatic nitrogens is 3. The molecule has 2 N–H and O–H groups in total. The third-order valence-electron chi connectivity index (χ3n) is 5.91. The van der Waals surface area contributed by atoms with Crippen molar-refractivity contribution in [1.82, 2.24) is 14.4 Å².